The van der Waals surface area contributed by atoms with Gasteiger partial charge in [0.1, 0.15) is 11.6 Å². The number of hydrogen-bond acceptors (Lipinski definition) is 3. The Kier molecular flexibility index (Phi) is 4.38. The fourth-order valence-electron chi connectivity index (χ4n) is 1.96. The molecular weight excluding hydrogens is 258 g/mol. The van der Waals surface area contributed by atoms with Crippen LogP contribution in [0.2, 0.25) is 5.02 Å². The highest BCUT2D eigenvalue weighted by Gasteiger charge is 2.06. The lowest BCUT2D eigenvalue weighted by atomic mass is 10.1. The lowest BCUT2D eigenvalue weighted by Gasteiger charge is -2.08. The molecule has 0 aliphatic carbocycles. The first-order chi connectivity index (χ1) is 9.02. The van der Waals surface area contributed by atoms with Crippen LogP contribution in [0.4, 0.5) is 5.82 Å². The molecule has 0 aliphatic rings. The van der Waals surface area contributed by atoms with Gasteiger partial charge >= 0.3 is 0 Å². The fraction of sp³-hybridized carbons (Fsp3) is 0.333. The van der Waals surface area contributed by atoms with Crippen LogP contribution in [-0.4, -0.2) is 9.97 Å². The SMILES string of the molecule is CC(C)Cc1cc(N)nc(Cc2ccc(Cl)cc2)n1. The number of anilines is 1. The first-order valence-electron chi connectivity index (χ1n) is 6.39. The molecule has 0 aliphatic heterocycles. The van der Waals surface area contributed by atoms with E-state index in [1.807, 2.05) is 30.3 Å². The van der Waals surface area contributed by atoms with E-state index in [1.54, 1.807) is 0 Å². The molecule has 4 heteroatoms. The van der Waals surface area contributed by atoms with Crippen LogP contribution in [0.1, 0.15) is 30.9 Å². The molecule has 1 aromatic heterocycles. The summed E-state index contributed by atoms with van der Waals surface area (Å²) in [5.41, 5.74) is 7.98. The van der Waals surface area contributed by atoms with E-state index in [0.717, 1.165) is 28.5 Å². The van der Waals surface area contributed by atoms with Crippen LogP contribution >= 0.6 is 11.6 Å². The lowest BCUT2D eigenvalue weighted by molar-refractivity contribution is 0.631. The molecule has 100 valence electrons. The summed E-state index contributed by atoms with van der Waals surface area (Å²) in [6.45, 7) is 4.33. The molecule has 2 rings (SSSR count). The quantitative estimate of drug-likeness (QED) is 0.929. The Balaban J connectivity index is 2.19. The molecule has 0 unspecified atom stereocenters. The van der Waals surface area contributed by atoms with Crippen molar-refractivity contribution in [1.29, 1.82) is 0 Å². The van der Waals surface area contributed by atoms with E-state index in [2.05, 4.69) is 23.8 Å². The molecule has 1 aromatic carbocycles. The highest BCUT2D eigenvalue weighted by atomic mass is 35.5. The molecule has 0 saturated carbocycles. The third-order valence-electron chi connectivity index (χ3n) is 2.74. The van der Waals surface area contributed by atoms with Crippen LogP contribution in [0.25, 0.3) is 0 Å². The van der Waals surface area contributed by atoms with E-state index >= 15 is 0 Å². The molecular formula is C15H18ClN3. The second-order valence-electron chi connectivity index (χ2n) is 5.10. The van der Waals surface area contributed by atoms with Gasteiger partial charge in [-0.3, -0.25) is 0 Å². The first-order valence-corrected chi connectivity index (χ1v) is 6.77. The number of benzene rings is 1. The summed E-state index contributed by atoms with van der Waals surface area (Å²) < 4.78 is 0. The van der Waals surface area contributed by atoms with Gasteiger partial charge in [0, 0.05) is 23.2 Å². The molecule has 3 nitrogen and oxygen atoms in total. The Hall–Kier alpha value is -1.61. The van der Waals surface area contributed by atoms with Crippen molar-refractivity contribution in [2.75, 3.05) is 5.73 Å². The standard InChI is InChI=1S/C15H18ClN3/c1-10(2)7-13-9-14(17)19-15(18-13)8-11-3-5-12(16)6-4-11/h3-6,9-10H,7-8H2,1-2H3,(H2,17,18,19). The largest absolute Gasteiger partial charge is 0.384 e. The number of nitrogens with two attached hydrogens (primary N) is 1. The fourth-order valence-corrected chi connectivity index (χ4v) is 2.09. The zero-order chi connectivity index (χ0) is 13.8. The summed E-state index contributed by atoms with van der Waals surface area (Å²) in [5, 5.41) is 0.734. The predicted molar refractivity (Wildman–Crippen MR) is 79.2 cm³/mol. The molecule has 1 heterocycles. The van der Waals surface area contributed by atoms with Gasteiger partial charge in [-0.15, -0.1) is 0 Å². The van der Waals surface area contributed by atoms with Gasteiger partial charge in [0.15, 0.2) is 0 Å². The van der Waals surface area contributed by atoms with Crippen molar-refractivity contribution in [2.45, 2.75) is 26.7 Å². The first kappa shape index (κ1) is 13.8. The maximum Gasteiger partial charge on any atom is 0.135 e. The minimum absolute atomic E-state index is 0.537. The van der Waals surface area contributed by atoms with Crippen molar-refractivity contribution in [3.63, 3.8) is 0 Å². The predicted octanol–water partition coefficient (Wildman–Crippen LogP) is 3.50. The van der Waals surface area contributed by atoms with Crippen LogP contribution in [-0.2, 0) is 12.8 Å². The van der Waals surface area contributed by atoms with Crippen molar-refractivity contribution in [1.82, 2.24) is 9.97 Å². The minimum atomic E-state index is 0.537. The number of aromatic nitrogens is 2. The molecule has 0 bridgehead atoms. The zero-order valence-electron chi connectivity index (χ0n) is 11.2. The number of rotatable bonds is 4. The summed E-state index contributed by atoms with van der Waals surface area (Å²) in [5.74, 6) is 1.85. The topological polar surface area (TPSA) is 51.8 Å². The van der Waals surface area contributed by atoms with Crippen molar-refractivity contribution in [3.05, 3.63) is 52.4 Å². The number of nitrogens with zero attached hydrogens (tertiary/aromatic N) is 2. The molecule has 2 N–H and O–H groups in total. The molecule has 0 saturated heterocycles. The van der Waals surface area contributed by atoms with E-state index in [-0.39, 0.29) is 0 Å². The average Bonchev–Trinajstić information content (AvgIpc) is 2.30. The Morgan fingerprint density at radius 3 is 2.47 bits per heavy atom. The van der Waals surface area contributed by atoms with Gasteiger partial charge in [0.05, 0.1) is 0 Å². The Morgan fingerprint density at radius 2 is 1.84 bits per heavy atom. The highest BCUT2D eigenvalue weighted by molar-refractivity contribution is 6.30. The molecule has 19 heavy (non-hydrogen) atoms. The summed E-state index contributed by atoms with van der Waals surface area (Å²) in [7, 11) is 0. The van der Waals surface area contributed by atoms with Gasteiger partial charge in [-0.25, -0.2) is 9.97 Å². The van der Waals surface area contributed by atoms with Crippen LogP contribution < -0.4 is 5.73 Å². The van der Waals surface area contributed by atoms with E-state index in [0.29, 0.717) is 18.2 Å². The van der Waals surface area contributed by atoms with E-state index < -0.39 is 0 Å². The molecule has 2 aromatic rings. The number of nitrogen functional groups attached to an aromatic ring is 1. The third-order valence-corrected chi connectivity index (χ3v) is 2.99. The molecule has 0 radical (unpaired) electrons. The third kappa shape index (κ3) is 4.21. The monoisotopic (exact) mass is 275 g/mol. The lowest BCUT2D eigenvalue weighted by Crippen LogP contribution is -2.06. The summed E-state index contributed by atoms with van der Waals surface area (Å²) in [6.07, 6.45) is 1.59. The van der Waals surface area contributed by atoms with Crippen LogP contribution in [0.15, 0.2) is 30.3 Å². The van der Waals surface area contributed by atoms with Crippen molar-refractivity contribution in [2.24, 2.45) is 5.92 Å². The molecule has 0 spiro atoms. The second kappa shape index (κ2) is 6.02. The second-order valence-corrected chi connectivity index (χ2v) is 5.54. The summed E-state index contributed by atoms with van der Waals surface area (Å²) >= 11 is 5.87. The minimum Gasteiger partial charge on any atom is -0.384 e. The Morgan fingerprint density at radius 1 is 1.16 bits per heavy atom. The van der Waals surface area contributed by atoms with E-state index in [1.165, 1.54) is 0 Å². The molecule has 0 fully saturated rings. The van der Waals surface area contributed by atoms with Crippen molar-refractivity contribution >= 4 is 17.4 Å². The van der Waals surface area contributed by atoms with Crippen LogP contribution in [0.3, 0.4) is 0 Å². The summed E-state index contributed by atoms with van der Waals surface area (Å²) in [6, 6.07) is 9.57. The Bertz CT molecular complexity index is 550. The van der Waals surface area contributed by atoms with Crippen molar-refractivity contribution < 1.29 is 0 Å². The van der Waals surface area contributed by atoms with Gasteiger partial charge in [-0.05, 0) is 30.0 Å². The number of hydrogen-bond donors (Lipinski definition) is 1. The molecule has 0 amide bonds. The smallest absolute Gasteiger partial charge is 0.135 e. The normalized spacial score (nSPS) is 10.9. The van der Waals surface area contributed by atoms with Gasteiger partial charge in [-0.1, -0.05) is 37.6 Å². The highest BCUT2D eigenvalue weighted by Crippen LogP contribution is 2.14. The zero-order valence-corrected chi connectivity index (χ0v) is 12.0. The molecule has 0 atom stereocenters. The van der Waals surface area contributed by atoms with E-state index in [9.17, 15) is 0 Å². The van der Waals surface area contributed by atoms with Crippen molar-refractivity contribution in [3.8, 4) is 0 Å². The van der Waals surface area contributed by atoms with Gasteiger partial charge in [0.2, 0.25) is 0 Å². The summed E-state index contributed by atoms with van der Waals surface area (Å²) in [4.78, 5) is 8.86. The van der Waals surface area contributed by atoms with Gasteiger partial charge in [-0.2, -0.15) is 0 Å². The maximum atomic E-state index is 5.87. The average molecular weight is 276 g/mol. The Labute approximate surface area is 118 Å². The van der Waals surface area contributed by atoms with Gasteiger partial charge in [0.25, 0.3) is 0 Å². The maximum absolute atomic E-state index is 5.87. The van der Waals surface area contributed by atoms with E-state index in [4.69, 9.17) is 17.3 Å². The number of halogens is 1. The van der Waals surface area contributed by atoms with Crippen LogP contribution in [0.5, 0.6) is 0 Å². The van der Waals surface area contributed by atoms with Crippen LogP contribution in [0, 0.1) is 5.92 Å². The van der Waals surface area contributed by atoms with Gasteiger partial charge < -0.3 is 5.73 Å².